The van der Waals surface area contributed by atoms with E-state index in [0.717, 1.165) is 30.7 Å². The Morgan fingerprint density at radius 2 is 2.40 bits per heavy atom. The molecule has 1 aliphatic heterocycles. The fourth-order valence-electron chi connectivity index (χ4n) is 2.01. The second-order valence-corrected chi connectivity index (χ2v) is 3.94. The highest BCUT2D eigenvalue weighted by Crippen LogP contribution is 2.36. The monoisotopic (exact) mass is 209 g/mol. The molecular formula is C12H16FNO. The van der Waals surface area contributed by atoms with Crippen LogP contribution in [-0.2, 0) is 0 Å². The van der Waals surface area contributed by atoms with Gasteiger partial charge >= 0.3 is 0 Å². The summed E-state index contributed by atoms with van der Waals surface area (Å²) in [4.78, 5) is 0. The van der Waals surface area contributed by atoms with Crippen LogP contribution in [0, 0.1) is 5.82 Å². The van der Waals surface area contributed by atoms with Crippen molar-refractivity contribution in [2.75, 3.05) is 20.2 Å². The fraction of sp³-hybridized carbons (Fsp3) is 0.500. The average Bonchev–Trinajstić information content (AvgIpc) is 2.62. The topological polar surface area (TPSA) is 21.3 Å². The van der Waals surface area contributed by atoms with E-state index in [1.54, 1.807) is 12.1 Å². The first-order valence-electron chi connectivity index (χ1n) is 5.38. The Morgan fingerprint density at radius 1 is 1.53 bits per heavy atom. The van der Waals surface area contributed by atoms with Gasteiger partial charge in [0.1, 0.15) is 11.6 Å². The maximum atomic E-state index is 13.1. The molecule has 1 atom stereocenters. The van der Waals surface area contributed by atoms with Crippen molar-refractivity contribution in [3.8, 4) is 5.75 Å². The smallest absolute Gasteiger partial charge is 0.123 e. The number of benzene rings is 1. The molecule has 0 bridgehead atoms. The van der Waals surface area contributed by atoms with E-state index in [-0.39, 0.29) is 5.82 Å². The van der Waals surface area contributed by atoms with Crippen molar-refractivity contribution < 1.29 is 9.13 Å². The Labute approximate surface area is 89.4 Å². The molecule has 1 aromatic carbocycles. The van der Waals surface area contributed by atoms with E-state index in [1.165, 1.54) is 6.07 Å². The summed E-state index contributed by atoms with van der Waals surface area (Å²) >= 11 is 0. The lowest BCUT2D eigenvalue weighted by molar-refractivity contribution is 0.323. The molecule has 2 rings (SSSR count). The summed E-state index contributed by atoms with van der Waals surface area (Å²) in [5.74, 6) is 1.05. The number of fused-ring (bicyclic) bond motifs is 1. The Morgan fingerprint density at radius 3 is 3.20 bits per heavy atom. The molecule has 1 unspecified atom stereocenters. The van der Waals surface area contributed by atoms with Crippen LogP contribution >= 0.6 is 0 Å². The van der Waals surface area contributed by atoms with Gasteiger partial charge in [-0.25, -0.2) is 4.39 Å². The lowest BCUT2D eigenvalue weighted by Crippen LogP contribution is -2.10. The van der Waals surface area contributed by atoms with Gasteiger partial charge in [0.05, 0.1) is 6.61 Å². The Kier molecular flexibility index (Phi) is 3.21. The maximum absolute atomic E-state index is 13.1. The molecule has 0 aliphatic carbocycles. The highest BCUT2D eigenvalue weighted by Gasteiger charge is 2.23. The molecule has 2 nitrogen and oxygen atoms in total. The summed E-state index contributed by atoms with van der Waals surface area (Å²) in [7, 11) is 1.94. The first-order valence-corrected chi connectivity index (χ1v) is 5.38. The van der Waals surface area contributed by atoms with Gasteiger partial charge in [0.2, 0.25) is 0 Å². The first-order chi connectivity index (χ1) is 7.31. The van der Waals surface area contributed by atoms with E-state index in [4.69, 9.17) is 4.74 Å². The fourth-order valence-corrected chi connectivity index (χ4v) is 2.01. The zero-order chi connectivity index (χ0) is 10.7. The molecule has 0 saturated carbocycles. The Balaban J connectivity index is 2.03. The molecule has 1 heterocycles. The summed E-state index contributed by atoms with van der Waals surface area (Å²) in [6.07, 6.45) is 2.15. The van der Waals surface area contributed by atoms with E-state index in [9.17, 15) is 4.39 Å². The average molecular weight is 209 g/mol. The molecule has 0 fully saturated rings. The van der Waals surface area contributed by atoms with Gasteiger partial charge in [0, 0.05) is 11.5 Å². The minimum atomic E-state index is -0.169. The van der Waals surface area contributed by atoms with E-state index in [2.05, 4.69) is 5.32 Å². The molecular weight excluding hydrogens is 193 g/mol. The molecule has 0 saturated heterocycles. The highest BCUT2D eigenvalue weighted by molar-refractivity contribution is 5.40. The van der Waals surface area contributed by atoms with Crippen molar-refractivity contribution in [2.45, 2.75) is 18.8 Å². The number of ether oxygens (including phenoxy) is 1. The van der Waals surface area contributed by atoms with Crippen LogP contribution in [0.25, 0.3) is 0 Å². The van der Waals surface area contributed by atoms with E-state index < -0.39 is 0 Å². The van der Waals surface area contributed by atoms with Gasteiger partial charge in [-0.15, -0.1) is 0 Å². The molecule has 0 amide bonds. The van der Waals surface area contributed by atoms with Crippen molar-refractivity contribution >= 4 is 0 Å². The van der Waals surface area contributed by atoms with Crippen LogP contribution in [0.15, 0.2) is 18.2 Å². The van der Waals surface area contributed by atoms with Crippen LogP contribution < -0.4 is 10.1 Å². The summed E-state index contributed by atoms with van der Waals surface area (Å²) < 4.78 is 18.6. The third kappa shape index (κ3) is 2.29. The number of nitrogens with one attached hydrogen (secondary N) is 1. The molecule has 82 valence electrons. The van der Waals surface area contributed by atoms with Crippen molar-refractivity contribution in [3.05, 3.63) is 29.6 Å². The minimum absolute atomic E-state index is 0.169. The van der Waals surface area contributed by atoms with Gasteiger partial charge in [-0.2, -0.15) is 0 Å². The first kappa shape index (κ1) is 10.4. The van der Waals surface area contributed by atoms with Crippen LogP contribution in [0.1, 0.15) is 24.3 Å². The number of halogens is 1. The summed E-state index contributed by atoms with van der Waals surface area (Å²) in [5.41, 5.74) is 1.03. The number of rotatable bonds is 4. The number of hydrogen-bond donors (Lipinski definition) is 1. The van der Waals surface area contributed by atoms with Gasteiger partial charge < -0.3 is 10.1 Å². The van der Waals surface area contributed by atoms with Crippen LogP contribution in [0.5, 0.6) is 5.75 Å². The van der Waals surface area contributed by atoms with E-state index in [0.29, 0.717) is 12.5 Å². The van der Waals surface area contributed by atoms with Gasteiger partial charge in [0.25, 0.3) is 0 Å². The largest absolute Gasteiger partial charge is 0.493 e. The molecule has 0 spiro atoms. The quantitative estimate of drug-likeness (QED) is 0.768. The molecule has 3 heteroatoms. The predicted octanol–water partition coefficient (Wildman–Crippen LogP) is 2.30. The normalized spacial score (nSPS) is 18.7. The van der Waals surface area contributed by atoms with Crippen molar-refractivity contribution in [3.63, 3.8) is 0 Å². The van der Waals surface area contributed by atoms with Crippen molar-refractivity contribution in [1.29, 1.82) is 0 Å². The molecule has 15 heavy (non-hydrogen) atoms. The zero-order valence-corrected chi connectivity index (χ0v) is 8.92. The number of hydrogen-bond acceptors (Lipinski definition) is 2. The second kappa shape index (κ2) is 4.62. The molecule has 0 aromatic heterocycles. The third-order valence-corrected chi connectivity index (χ3v) is 2.83. The zero-order valence-electron chi connectivity index (χ0n) is 8.92. The van der Waals surface area contributed by atoms with E-state index in [1.807, 2.05) is 7.05 Å². The van der Waals surface area contributed by atoms with Gasteiger partial charge in [-0.05, 0) is 44.6 Å². The van der Waals surface area contributed by atoms with Gasteiger partial charge in [-0.3, -0.25) is 0 Å². The van der Waals surface area contributed by atoms with Crippen molar-refractivity contribution in [1.82, 2.24) is 5.32 Å². The summed E-state index contributed by atoms with van der Waals surface area (Å²) in [5, 5.41) is 3.11. The Hall–Kier alpha value is -1.09. The Bertz CT molecular complexity index is 340. The summed E-state index contributed by atoms with van der Waals surface area (Å²) in [6, 6.07) is 4.78. The second-order valence-electron chi connectivity index (χ2n) is 3.94. The standard InChI is InChI=1S/C12H16FNO/c1-14-6-2-3-9-8-15-12-5-4-10(13)7-11(9)12/h4-5,7,9,14H,2-3,6,8H2,1H3. The van der Waals surface area contributed by atoms with Crippen LogP contribution in [0.4, 0.5) is 4.39 Å². The minimum Gasteiger partial charge on any atom is -0.493 e. The van der Waals surface area contributed by atoms with Crippen molar-refractivity contribution in [2.24, 2.45) is 0 Å². The van der Waals surface area contributed by atoms with E-state index >= 15 is 0 Å². The van der Waals surface area contributed by atoms with Crippen LogP contribution in [-0.4, -0.2) is 20.2 Å². The lowest BCUT2D eigenvalue weighted by atomic mass is 9.96. The van der Waals surface area contributed by atoms with Gasteiger partial charge in [0.15, 0.2) is 0 Å². The van der Waals surface area contributed by atoms with Crippen LogP contribution in [0.2, 0.25) is 0 Å². The molecule has 1 N–H and O–H groups in total. The molecule has 1 aromatic rings. The predicted molar refractivity (Wildman–Crippen MR) is 57.8 cm³/mol. The van der Waals surface area contributed by atoms with Crippen LogP contribution in [0.3, 0.4) is 0 Å². The highest BCUT2D eigenvalue weighted by atomic mass is 19.1. The molecule has 1 aliphatic rings. The third-order valence-electron chi connectivity index (χ3n) is 2.83. The molecule has 0 radical (unpaired) electrons. The summed E-state index contributed by atoms with van der Waals surface area (Å²) in [6.45, 7) is 1.70. The lowest BCUT2D eigenvalue weighted by Gasteiger charge is -2.07. The maximum Gasteiger partial charge on any atom is 0.123 e. The van der Waals surface area contributed by atoms with Gasteiger partial charge in [-0.1, -0.05) is 0 Å². The SMILES string of the molecule is CNCCCC1COc2ccc(F)cc21.